The molecular weight excluding hydrogens is 268 g/mol. The quantitative estimate of drug-likeness (QED) is 0.472. The molecule has 0 spiro atoms. The van der Waals surface area contributed by atoms with Gasteiger partial charge in [0.15, 0.2) is 0 Å². The molecule has 0 amide bonds. The molecule has 0 aliphatic carbocycles. The molecule has 0 saturated heterocycles. The zero-order chi connectivity index (χ0) is 14.5. The van der Waals surface area contributed by atoms with E-state index in [4.69, 9.17) is 4.74 Å². The maximum atomic E-state index is 12.9. The fourth-order valence-electron chi connectivity index (χ4n) is 1.35. The molecule has 0 saturated carbocycles. The maximum absolute atomic E-state index is 12.9. The Morgan fingerprint density at radius 3 is 2.53 bits per heavy atom. The lowest BCUT2D eigenvalue weighted by Crippen LogP contribution is -2.17. The largest absolute Gasteiger partial charge is 0.460 e. The molecule has 0 aliphatic heterocycles. The molecule has 0 aromatic heterocycles. The first-order valence-corrected chi connectivity index (χ1v) is 5.48. The summed E-state index contributed by atoms with van der Waals surface area (Å²) in [5, 5.41) is 0. The van der Waals surface area contributed by atoms with E-state index >= 15 is 0 Å². The van der Waals surface area contributed by atoms with E-state index in [0.29, 0.717) is 24.8 Å². The molecule has 19 heavy (non-hydrogen) atoms. The number of hydrogen-bond donors (Lipinski definition) is 0. The van der Waals surface area contributed by atoms with Gasteiger partial charge in [0.2, 0.25) is 0 Å². The lowest BCUT2D eigenvalue weighted by atomic mass is 10.1. The standard InChI is InChI=1S/C12H12F4O3/c1-2-18-5-6-19-11(17)9-7-8(13)3-4-10(9)12(14,15)16/h3-4,7H,2,5-6H2,1H3. The van der Waals surface area contributed by atoms with Crippen LogP contribution in [0.15, 0.2) is 18.2 Å². The molecule has 0 aliphatic rings. The van der Waals surface area contributed by atoms with Crippen LogP contribution in [0.4, 0.5) is 17.6 Å². The molecule has 0 radical (unpaired) electrons. The normalized spacial score (nSPS) is 11.4. The Labute approximate surface area is 107 Å². The molecule has 106 valence electrons. The Morgan fingerprint density at radius 2 is 1.95 bits per heavy atom. The van der Waals surface area contributed by atoms with Crippen molar-refractivity contribution >= 4 is 5.97 Å². The van der Waals surface area contributed by atoms with E-state index in [1.165, 1.54) is 0 Å². The van der Waals surface area contributed by atoms with Crippen molar-refractivity contribution in [1.82, 2.24) is 0 Å². The van der Waals surface area contributed by atoms with Crippen molar-refractivity contribution in [3.05, 3.63) is 35.1 Å². The summed E-state index contributed by atoms with van der Waals surface area (Å²) in [7, 11) is 0. The number of ether oxygens (including phenoxy) is 2. The van der Waals surface area contributed by atoms with Crippen LogP contribution in [0.2, 0.25) is 0 Å². The van der Waals surface area contributed by atoms with Crippen LogP contribution < -0.4 is 0 Å². The van der Waals surface area contributed by atoms with E-state index in [1.54, 1.807) is 6.92 Å². The Morgan fingerprint density at radius 1 is 1.26 bits per heavy atom. The predicted molar refractivity (Wildman–Crippen MR) is 58.2 cm³/mol. The smallest absolute Gasteiger partial charge is 0.417 e. The molecule has 0 bridgehead atoms. The van der Waals surface area contributed by atoms with Crippen LogP contribution in [0, 0.1) is 5.82 Å². The van der Waals surface area contributed by atoms with Crippen LogP contribution in [0.1, 0.15) is 22.8 Å². The van der Waals surface area contributed by atoms with Crippen molar-refractivity contribution in [3.63, 3.8) is 0 Å². The van der Waals surface area contributed by atoms with E-state index in [1.807, 2.05) is 0 Å². The zero-order valence-electron chi connectivity index (χ0n) is 10.1. The lowest BCUT2D eigenvalue weighted by molar-refractivity contribution is -0.138. The van der Waals surface area contributed by atoms with E-state index < -0.39 is 29.1 Å². The molecule has 0 atom stereocenters. The van der Waals surface area contributed by atoms with Gasteiger partial charge in [0, 0.05) is 6.61 Å². The molecule has 0 heterocycles. The fourth-order valence-corrected chi connectivity index (χ4v) is 1.35. The van der Waals surface area contributed by atoms with Gasteiger partial charge < -0.3 is 9.47 Å². The summed E-state index contributed by atoms with van der Waals surface area (Å²) >= 11 is 0. The summed E-state index contributed by atoms with van der Waals surface area (Å²) < 4.78 is 60.3. The van der Waals surface area contributed by atoms with Crippen molar-refractivity contribution in [2.45, 2.75) is 13.1 Å². The highest BCUT2D eigenvalue weighted by Crippen LogP contribution is 2.32. The minimum atomic E-state index is -4.75. The minimum absolute atomic E-state index is 0.0684. The molecular formula is C12H12F4O3. The van der Waals surface area contributed by atoms with Crippen molar-refractivity contribution in [1.29, 1.82) is 0 Å². The van der Waals surface area contributed by atoms with Crippen LogP contribution in [-0.4, -0.2) is 25.8 Å². The van der Waals surface area contributed by atoms with Crippen LogP contribution in [-0.2, 0) is 15.7 Å². The minimum Gasteiger partial charge on any atom is -0.460 e. The van der Waals surface area contributed by atoms with Gasteiger partial charge in [-0.3, -0.25) is 0 Å². The third-order valence-corrected chi connectivity index (χ3v) is 2.17. The first kappa shape index (κ1) is 15.4. The Kier molecular flexibility index (Phi) is 5.29. The highest BCUT2D eigenvalue weighted by molar-refractivity contribution is 5.91. The van der Waals surface area contributed by atoms with E-state index in [-0.39, 0.29) is 13.2 Å². The number of carbonyl (C=O) groups excluding carboxylic acids is 1. The van der Waals surface area contributed by atoms with E-state index in [9.17, 15) is 22.4 Å². The molecule has 0 unspecified atom stereocenters. The van der Waals surface area contributed by atoms with Crippen LogP contribution >= 0.6 is 0 Å². The molecule has 1 aromatic carbocycles. The summed E-state index contributed by atoms with van der Waals surface area (Å²) in [6.45, 7) is 1.99. The van der Waals surface area contributed by atoms with Gasteiger partial charge >= 0.3 is 12.1 Å². The van der Waals surface area contributed by atoms with Crippen molar-refractivity contribution in [2.75, 3.05) is 19.8 Å². The second-order valence-electron chi connectivity index (χ2n) is 3.52. The highest BCUT2D eigenvalue weighted by Gasteiger charge is 2.35. The van der Waals surface area contributed by atoms with Crippen molar-refractivity contribution in [2.24, 2.45) is 0 Å². The maximum Gasteiger partial charge on any atom is 0.417 e. The number of esters is 1. The summed E-state index contributed by atoms with van der Waals surface area (Å²) in [5.41, 5.74) is -2.07. The lowest BCUT2D eigenvalue weighted by Gasteiger charge is -2.12. The van der Waals surface area contributed by atoms with Gasteiger partial charge in [-0.25, -0.2) is 9.18 Å². The van der Waals surface area contributed by atoms with Gasteiger partial charge in [0.25, 0.3) is 0 Å². The topological polar surface area (TPSA) is 35.5 Å². The number of halogens is 4. The third-order valence-electron chi connectivity index (χ3n) is 2.17. The van der Waals surface area contributed by atoms with Gasteiger partial charge in [-0.15, -0.1) is 0 Å². The molecule has 1 aromatic rings. The van der Waals surface area contributed by atoms with Gasteiger partial charge in [-0.2, -0.15) is 13.2 Å². The molecule has 0 N–H and O–H groups in total. The van der Waals surface area contributed by atoms with E-state index in [0.717, 1.165) is 0 Å². The molecule has 3 nitrogen and oxygen atoms in total. The SMILES string of the molecule is CCOCCOC(=O)c1cc(F)ccc1C(F)(F)F. The van der Waals surface area contributed by atoms with Crippen molar-refractivity contribution < 1.29 is 31.8 Å². The molecule has 1 rings (SSSR count). The summed E-state index contributed by atoms with van der Waals surface area (Å²) in [6.07, 6.45) is -4.75. The van der Waals surface area contributed by atoms with Gasteiger partial charge in [0.05, 0.1) is 17.7 Å². The summed E-state index contributed by atoms with van der Waals surface area (Å²) in [4.78, 5) is 11.5. The average molecular weight is 280 g/mol. The number of benzene rings is 1. The van der Waals surface area contributed by atoms with Crippen LogP contribution in [0.5, 0.6) is 0 Å². The van der Waals surface area contributed by atoms with Crippen LogP contribution in [0.3, 0.4) is 0 Å². The highest BCUT2D eigenvalue weighted by atomic mass is 19.4. The first-order chi connectivity index (χ1) is 8.86. The predicted octanol–water partition coefficient (Wildman–Crippen LogP) is 3.04. The van der Waals surface area contributed by atoms with E-state index in [2.05, 4.69) is 4.74 Å². The fraction of sp³-hybridized carbons (Fsp3) is 0.417. The number of rotatable bonds is 5. The number of alkyl halides is 3. The average Bonchev–Trinajstić information content (AvgIpc) is 2.32. The zero-order valence-corrected chi connectivity index (χ0v) is 10.1. The molecule has 0 fully saturated rings. The summed E-state index contributed by atoms with van der Waals surface area (Å²) in [6, 6.07) is 1.65. The second kappa shape index (κ2) is 6.51. The molecule has 7 heteroatoms. The van der Waals surface area contributed by atoms with Gasteiger partial charge in [-0.1, -0.05) is 0 Å². The van der Waals surface area contributed by atoms with Gasteiger partial charge in [0.1, 0.15) is 12.4 Å². The van der Waals surface area contributed by atoms with Gasteiger partial charge in [-0.05, 0) is 25.1 Å². The number of carbonyl (C=O) groups is 1. The number of hydrogen-bond acceptors (Lipinski definition) is 3. The van der Waals surface area contributed by atoms with Crippen molar-refractivity contribution in [3.8, 4) is 0 Å². The monoisotopic (exact) mass is 280 g/mol. The van der Waals surface area contributed by atoms with Crippen LogP contribution in [0.25, 0.3) is 0 Å². The Hall–Kier alpha value is -1.63. The Bertz CT molecular complexity index is 443. The third kappa shape index (κ3) is 4.51. The Balaban J connectivity index is 2.86. The summed E-state index contributed by atoms with van der Waals surface area (Å²) in [5.74, 6) is -2.17. The first-order valence-electron chi connectivity index (χ1n) is 5.48. The second-order valence-corrected chi connectivity index (χ2v) is 3.52.